The molecule has 0 saturated heterocycles. The second-order valence-corrected chi connectivity index (χ2v) is 4.37. The van der Waals surface area contributed by atoms with Crippen LogP contribution in [0.25, 0.3) is 0 Å². The quantitative estimate of drug-likeness (QED) is 0.819. The molecule has 0 bridgehead atoms. The number of rotatable bonds is 4. The zero-order chi connectivity index (χ0) is 14.9. The molecule has 15 heavy (non-hydrogen) atoms. The molecule has 0 aliphatic heterocycles. The minimum Gasteiger partial charge on any atom is -0.286 e. The molecule has 0 atom stereocenters. The summed E-state index contributed by atoms with van der Waals surface area (Å²) >= 11 is -0.131. The first-order valence-electron chi connectivity index (χ1n) is 5.74. The Morgan fingerprint density at radius 3 is 2.53 bits per heavy atom. The Morgan fingerprint density at radius 2 is 2.00 bits per heavy atom. The zero-order valence-electron chi connectivity index (χ0n) is 11.4. The molecule has 0 unspecified atom stereocenters. The molecule has 1 N–H and O–H groups in total. The summed E-state index contributed by atoms with van der Waals surface area (Å²) < 4.78 is 59.3. The first kappa shape index (κ1) is 7.43. The highest BCUT2D eigenvalue weighted by molar-refractivity contribution is 8.14. The van der Waals surface area contributed by atoms with Gasteiger partial charge in [-0.15, -0.1) is 0 Å². The lowest BCUT2D eigenvalue weighted by Crippen LogP contribution is -2.07. The summed E-state index contributed by atoms with van der Waals surface area (Å²) in [5.74, 6) is 0. The van der Waals surface area contributed by atoms with Crippen LogP contribution in [0.1, 0.15) is 15.8 Å². The van der Waals surface area contributed by atoms with E-state index in [1.54, 1.807) is 6.07 Å². The molecule has 0 amide bonds. The highest BCUT2D eigenvalue weighted by Gasteiger charge is 2.09. The number of hydrogen-bond donors (Lipinski definition) is 1. The fourth-order valence-electron chi connectivity index (χ4n) is 0.753. The Hall–Kier alpha value is -0.850. The molecule has 0 aliphatic carbocycles. The van der Waals surface area contributed by atoms with Crippen molar-refractivity contribution < 1.29 is 23.2 Å². The van der Waals surface area contributed by atoms with Crippen LogP contribution in [0, 0.1) is 0 Å². The van der Waals surface area contributed by atoms with Crippen LogP contribution in [0.15, 0.2) is 30.3 Å². The summed E-state index contributed by atoms with van der Waals surface area (Å²) in [5, 5.41) is -0.835. The van der Waals surface area contributed by atoms with Crippen LogP contribution in [0.5, 0.6) is 0 Å². The molecule has 1 aromatic carbocycles. The molecular weight excluding hydrogens is 236 g/mol. The van der Waals surface area contributed by atoms with Gasteiger partial charge in [-0.1, -0.05) is 42.1 Å². The maximum Gasteiger partial charge on any atom is 0.265 e. The monoisotopic (exact) mass is 250 g/mol. The molecule has 1 aromatic rings. The van der Waals surface area contributed by atoms with Crippen molar-refractivity contribution in [2.75, 3.05) is 11.4 Å². The predicted octanol–water partition coefficient (Wildman–Crippen LogP) is 1.45. The molecule has 82 valence electrons. The Labute approximate surface area is 98.1 Å². The van der Waals surface area contributed by atoms with Crippen LogP contribution in [0.3, 0.4) is 0 Å². The van der Waals surface area contributed by atoms with E-state index in [9.17, 15) is 13.2 Å². The van der Waals surface area contributed by atoms with Crippen LogP contribution < -0.4 is 0 Å². The van der Waals surface area contributed by atoms with Gasteiger partial charge in [0, 0.05) is 16.8 Å². The predicted molar refractivity (Wildman–Crippen MR) is 59.6 cm³/mol. The maximum absolute atomic E-state index is 11.7. The molecule has 0 heterocycles. The Balaban J connectivity index is 3.02. The van der Waals surface area contributed by atoms with Crippen molar-refractivity contribution in [1.29, 1.82) is 0 Å². The number of benzene rings is 1. The second kappa shape index (κ2) is 5.29. The summed E-state index contributed by atoms with van der Waals surface area (Å²) in [7, 11) is -5.30. The summed E-state index contributed by atoms with van der Waals surface area (Å²) in [6, 6.07) is 7.46. The highest BCUT2D eigenvalue weighted by atomic mass is 32.2. The third-order valence-electron chi connectivity index (χ3n) is 1.32. The van der Waals surface area contributed by atoms with E-state index in [4.69, 9.17) is 10.0 Å². The van der Waals surface area contributed by atoms with Gasteiger partial charge >= 0.3 is 0 Å². The van der Waals surface area contributed by atoms with Crippen LogP contribution in [0.2, 0.25) is 0 Å². The number of hydrogen-bond acceptors (Lipinski definition) is 4. The van der Waals surface area contributed by atoms with E-state index in [-0.39, 0.29) is 17.3 Å². The topological polar surface area (TPSA) is 71.4 Å². The second-order valence-electron chi connectivity index (χ2n) is 2.43. The normalized spacial score (nSPS) is 17.1. The van der Waals surface area contributed by atoms with E-state index in [0.29, 0.717) is 0 Å². The number of carbonyl (C=O) groups excluding carboxylic acids is 1. The average Bonchev–Trinajstić information content (AvgIpc) is 2.28. The Kier molecular flexibility index (Phi) is 2.62. The summed E-state index contributed by atoms with van der Waals surface area (Å²) in [6.45, 7) is 0. The molecule has 0 aliphatic rings. The van der Waals surface area contributed by atoms with Gasteiger partial charge in [0.25, 0.3) is 10.1 Å². The zero-order valence-corrected chi connectivity index (χ0v) is 9.01. The van der Waals surface area contributed by atoms with Gasteiger partial charge in [-0.25, -0.2) is 0 Å². The molecule has 0 aromatic heterocycles. The van der Waals surface area contributed by atoms with Crippen LogP contribution in [0.4, 0.5) is 0 Å². The molecule has 0 radical (unpaired) electrons. The van der Waals surface area contributed by atoms with Crippen LogP contribution in [-0.2, 0) is 10.1 Å². The maximum atomic E-state index is 11.7. The van der Waals surface area contributed by atoms with Crippen molar-refractivity contribution in [2.24, 2.45) is 0 Å². The van der Waals surface area contributed by atoms with E-state index in [0.717, 1.165) is 0 Å². The van der Waals surface area contributed by atoms with Crippen molar-refractivity contribution in [3.63, 3.8) is 0 Å². The third-order valence-corrected chi connectivity index (χ3v) is 2.44. The minimum absolute atomic E-state index is 0.0995. The van der Waals surface area contributed by atoms with Gasteiger partial charge in [-0.2, -0.15) is 8.42 Å². The fraction of sp³-hybridized carbons (Fsp3) is 0.222. The van der Waals surface area contributed by atoms with Gasteiger partial charge in [0.05, 0.1) is 5.70 Å². The fourth-order valence-corrected chi connectivity index (χ4v) is 1.69. The van der Waals surface area contributed by atoms with Crippen LogP contribution >= 0.6 is 11.8 Å². The number of thioether (sulfide) groups is 1. The van der Waals surface area contributed by atoms with Gasteiger partial charge in [0.2, 0.25) is 5.12 Å². The Bertz CT molecular complexity index is 571. The first-order valence-corrected chi connectivity index (χ1v) is 6.00. The van der Waals surface area contributed by atoms with Gasteiger partial charge in [0.1, 0.15) is 0 Å². The summed E-state index contributed by atoms with van der Waals surface area (Å²) in [5.41, 5.74) is -6.63. The molecule has 4 nitrogen and oxygen atoms in total. The van der Waals surface area contributed by atoms with Gasteiger partial charge in [-0.3, -0.25) is 9.35 Å². The van der Waals surface area contributed by atoms with Crippen molar-refractivity contribution >= 4 is 27.0 Å². The smallest absolute Gasteiger partial charge is 0.265 e. The molecule has 6 heteroatoms. The molecule has 0 saturated carbocycles. The lowest BCUT2D eigenvalue weighted by atomic mass is 10.2. The van der Waals surface area contributed by atoms with Gasteiger partial charge in [-0.05, 0) is 0 Å². The van der Waals surface area contributed by atoms with E-state index >= 15 is 0 Å². The van der Waals surface area contributed by atoms with Gasteiger partial charge in [0.15, 0.2) is 0 Å². The Morgan fingerprint density at radius 1 is 1.40 bits per heavy atom. The number of carbonyl (C=O) groups is 1. The third kappa shape index (κ3) is 4.96. The molecule has 1 rings (SSSR count). The van der Waals surface area contributed by atoms with Crippen molar-refractivity contribution in [3.8, 4) is 0 Å². The van der Waals surface area contributed by atoms with Crippen molar-refractivity contribution in [1.82, 2.24) is 0 Å². The van der Waals surface area contributed by atoms with E-state index < -0.39 is 26.6 Å². The molecular formula is C9H10O4S2. The summed E-state index contributed by atoms with van der Waals surface area (Å²) in [6.07, 6.45) is 0. The lowest BCUT2D eigenvalue weighted by molar-refractivity contribution is 0.108. The molecule has 0 spiro atoms. The van der Waals surface area contributed by atoms with Gasteiger partial charge < -0.3 is 0 Å². The molecule has 0 fully saturated rings. The lowest BCUT2D eigenvalue weighted by Gasteiger charge is -1.99. The minimum atomic E-state index is -5.30. The van der Waals surface area contributed by atoms with Crippen molar-refractivity contribution in [2.45, 2.75) is 0 Å². The average molecular weight is 250 g/mol. The van der Waals surface area contributed by atoms with E-state index in [2.05, 4.69) is 0 Å². The van der Waals surface area contributed by atoms with Crippen LogP contribution in [-0.4, -0.2) is 29.5 Å². The highest BCUT2D eigenvalue weighted by Crippen LogP contribution is 2.12. The van der Waals surface area contributed by atoms with Crippen molar-refractivity contribution in [3.05, 3.63) is 35.9 Å². The standard InChI is InChI=1S/C9H10O4S2/c10-9(8-4-2-1-3-5-8)14-6-7-15(11,12)13/h1-5H,6-7H2,(H,11,12,13)/i6D2,7D2. The summed E-state index contributed by atoms with van der Waals surface area (Å²) in [4.78, 5) is 11.7. The van der Waals surface area contributed by atoms with E-state index in [1.807, 2.05) is 0 Å². The SMILES string of the molecule is [2H]C([2H])(SC(=O)c1ccccc1)C([2H])([2H])S(=O)(=O)O. The first-order chi connectivity index (χ1) is 8.49. The van der Waals surface area contributed by atoms with E-state index in [1.165, 1.54) is 24.3 Å². The largest absolute Gasteiger partial charge is 0.286 e.